The fourth-order valence-electron chi connectivity index (χ4n) is 1.82. The van der Waals surface area contributed by atoms with Crippen molar-refractivity contribution >= 4 is 16.8 Å². The van der Waals surface area contributed by atoms with E-state index < -0.39 is 0 Å². The molecule has 16 heavy (non-hydrogen) atoms. The molecule has 0 bridgehead atoms. The van der Waals surface area contributed by atoms with E-state index in [-0.39, 0.29) is 0 Å². The maximum absolute atomic E-state index is 4.37. The van der Waals surface area contributed by atoms with Crippen LogP contribution >= 0.6 is 0 Å². The Kier molecular flexibility index (Phi) is 1.89. The molecule has 0 N–H and O–H groups in total. The third-order valence-corrected chi connectivity index (χ3v) is 2.60. The zero-order valence-corrected chi connectivity index (χ0v) is 9.18. The van der Waals surface area contributed by atoms with E-state index in [4.69, 9.17) is 0 Å². The summed E-state index contributed by atoms with van der Waals surface area (Å²) in [5.74, 6) is 0.364. The van der Waals surface area contributed by atoms with Gasteiger partial charge in [0, 0.05) is 6.20 Å². The van der Waals surface area contributed by atoms with Crippen LogP contribution in [-0.4, -0.2) is 19.4 Å². The van der Waals surface area contributed by atoms with Crippen molar-refractivity contribution in [3.8, 4) is 0 Å². The number of nitrogens with zero attached hydrogens (tertiary/aromatic N) is 4. The summed E-state index contributed by atoms with van der Waals surface area (Å²) in [6, 6.07) is 3.84. The lowest BCUT2D eigenvalue weighted by molar-refractivity contribution is 0.811. The fourth-order valence-corrected chi connectivity index (χ4v) is 1.82. The minimum atomic E-state index is 0.364. The Morgan fingerprint density at radius 3 is 3.00 bits per heavy atom. The molecule has 0 saturated carbocycles. The molecule has 0 unspecified atom stereocenters. The molecule has 0 amide bonds. The molecule has 3 aromatic heterocycles. The number of pyridine rings is 1. The van der Waals surface area contributed by atoms with Crippen LogP contribution < -0.4 is 0 Å². The van der Waals surface area contributed by atoms with E-state index in [0.717, 1.165) is 22.5 Å². The van der Waals surface area contributed by atoms with Gasteiger partial charge in [0.05, 0.1) is 11.9 Å². The van der Waals surface area contributed by atoms with Crippen LogP contribution in [0.25, 0.3) is 16.8 Å². The van der Waals surface area contributed by atoms with E-state index in [2.05, 4.69) is 35.0 Å². The standard InChI is InChI=1S/C12H11N4/c1-8(2)10-6-15-11-7-14-9-4-3-5-13-12(9)16(10)11/h3-5,7-8H,1-2H3. The molecule has 0 aliphatic carbocycles. The molecule has 0 atom stereocenters. The first-order valence-electron chi connectivity index (χ1n) is 5.27. The number of imidazole rings is 1. The van der Waals surface area contributed by atoms with Gasteiger partial charge in [-0.3, -0.25) is 4.40 Å². The van der Waals surface area contributed by atoms with Crippen molar-refractivity contribution in [1.82, 2.24) is 19.4 Å². The predicted molar refractivity (Wildman–Crippen MR) is 61.2 cm³/mol. The van der Waals surface area contributed by atoms with Crippen molar-refractivity contribution in [2.75, 3.05) is 0 Å². The molecule has 0 aliphatic rings. The summed E-state index contributed by atoms with van der Waals surface area (Å²) in [5.41, 5.74) is 3.57. The van der Waals surface area contributed by atoms with E-state index in [1.165, 1.54) is 0 Å². The average Bonchev–Trinajstić information content (AvgIpc) is 2.73. The van der Waals surface area contributed by atoms with Crippen molar-refractivity contribution in [3.63, 3.8) is 0 Å². The normalized spacial score (nSPS) is 11.7. The molecular weight excluding hydrogens is 200 g/mol. The summed E-state index contributed by atoms with van der Waals surface area (Å²) >= 11 is 0. The number of hydrogen-bond donors (Lipinski definition) is 0. The van der Waals surface area contributed by atoms with Crippen LogP contribution in [0.2, 0.25) is 0 Å². The third kappa shape index (κ3) is 1.19. The molecule has 0 aromatic carbocycles. The molecule has 0 saturated heterocycles. The number of hydrogen-bond acceptors (Lipinski definition) is 3. The SMILES string of the molecule is CC(C)c1[c]nc2cnc3cccnc3n12. The number of fused-ring (bicyclic) bond motifs is 3. The van der Waals surface area contributed by atoms with Crippen LogP contribution in [0.3, 0.4) is 0 Å². The van der Waals surface area contributed by atoms with E-state index in [1.54, 1.807) is 12.4 Å². The monoisotopic (exact) mass is 211 g/mol. The van der Waals surface area contributed by atoms with Gasteiger partial charge in [0.2, 0.25) is 0 Å². The minimum Gasteiger partial charge on any atom is -0.277 e. The second-order valence-corrected chi connectivity index (χ2v) is 4.06. The number of rotatable bonds is 1. The highest BCUT2D eigenvalue weighted by molar-refractivity contribution is 5.73. The molecular formula is C12H11N4. The first-order chi connectivity index (χ1) is 7.77. The largest absolute Gasteiger partial charge is 0.277 e. The van der Waals surface area contributed by atoms with Crippen LogP contribution in [0.4, 0.5) is 0 Å². The van der Waals surface area contributed by atoms with Gasteiger partial charge in [0.15, 0.2) is 11.3 Å². The van der Waals surface area contributed by atoms with Crippen molar-refractivity contribution in [1.29, 1.82) is 0 Å². The summed E-state index contributed by atoms with van der Waals surface area (Å²) in [7, 11) is 0. The molecule has 0 aliphatic heterocycles. The Balaban J connectivity index is 2.52. The van der Waals surface area contributed by atoms with Gasteiger partial charge in [0.25, 0.3) is 0 Å². The van der Waals surface area contributed by atoms with Gasteiger partial charge in [-0.1, -0.05) is 13.8 Å². The van der Waals surface area contributed by atoms with E-state index in [9.17, 15) is 0 Å². The first kappa shape index (κ1) is 9.27. The van der Waals surface area contributed by atoms with Crippen LogP contribution in [-0.2, 0) is 0 Å². The summed E-state index contributed by atoms with van der Waals surface area (Å²) in [6.45, 7) is 4.24. The van der Waals surface area contributed by atoms with Gasteiger partial charge < -0.3 is 0 Å². The molecule has 0 fully saturated rings. The zero-order valence-electron chi connectivity index (χ0n) is 9.18. The predicted octanol–water partition coefficient (Wildman–Crippen LogP) is 2.20. The highest BCUT2D eigenvalue weighted by Crippen LogP contribution is 2.19. The molecule has 3 heterocycles. The lowest BCUT2D eigenvalue weighted by Crippen LogP contribution is -1.99. The Morgan fingerprint density at radius 2 is 2.19 bits per heavy atom. The van der Waals surface area contributed by atoms with Crippen molar-refractivity contribution in [2.45, 2.75) is 19.8 Å². The van der Waals surface area contributed by atoms with E-state index >= 15 is 0 Å². The van der Waals surface area contributed by atoms with Crippen LogP contribution in [0.5, 0.6) is 0 Å². The minimum absolute atomic E-state index is 0.364. The molecule has 0 spiro atoms. The second kappa shape index (κ2) is 3.27. The lowest BCUT2D eigenvalue weighted by atomic mass is 10.1. The average molecular weight is 211 g/mol. The van der Waals surface area contributed by atoms with Gasteiger partial charge in [-0.15, -0.1) is 0 Å². The van der Waals surface area contributed by atoms with E-state index in [0.29, 0.717) is 5.92 Å². The molecule has 4 nitrogen and oxygen atoms in total. The van der Waals surface area contributed by atoms with Crippen LogP contribution in [0.15, 0.2) is 24.5 Å². The molecule has 3 rings (SSSR count). The number of aromatic nitrogens is 4. The van der Waals surface area contributed by atoms with Gasteiger partial charge in [-0.25, -0.2) is 15.0 Å². The summed E-state index contributed by atoms with van der Waals surface area (Å²) < 4.78 is 2.02. The summed E-state index contributed by atoms with van der Waals surface area (Å²) in [4.78, 5) is 12.9. The quantitative estimate of drug-likeness (QED) is 0.619. The zero-order chi connectivity index (χ0) is 11.1. The highest BCUT2D eigenvalue weighted by atomic mass is 15.1. The highest BCUT2D eigenvalue weighted by Gasteiger charge is 2.11. The molecule has 3 aromatic rings. The topological polar surface area (TPSA) is 43.1 Å². The fraction of sp³-hybridized carbons (Fsp3) is 0.250. The maximum atomic E-state index is 4.37. The Labute approximate surface area is 93.0 Å². The van der Waals surface area contributed by atoms with Crippen molar-refractivity contribution in [2.24, 2.45) is 0 Å². The van der Waals surface area contributed by atoms with Gasteiger partial charge in [-0.2, -0.15) is 0 Å². The van der Waals surface area contributed by atoms with Crippen molar-refractivity contribution < 1.29 is 0 Å². The Hall–Kier alpha value is -1.97. The Bertz CT molecular complexity index is 654. The second-order valence-electron chi connectivity index (χ2n) is 4.06. The third-order valence-electron chi connectivity index (χ3n) is 2.60. The Morgan fingerprint density at radius 1 is 1.31 bits per heavy atom. The van der Waals surface area contributed by atoms with Gasteiger partial charge >= 0.3 is 0 Å². The summed E-state index contributed by atoms with van der Waals surface area (Å²) in [5, 5.41) is 0. The first-order valence-corrected chi connectivity index (χ1v) is 5.27. The van der Waals surface area contributed by atoms with E-state index in [1.807, 2.05) is 16.5 Å². The smallest absolute Gasteiger partial charge is 0.164 e. The lowest BCUT2D eigenvalue weighted by Gasteiger charge is -2.06. The molecule has 4 heteroatoms. The summed E-state index contributed by atoms with van der Waals surface area (Å²) in [6.07, 6.45) is 6.57. The molecule has 79 valence electrons. The van der Waals surface area contributed by atoms with Gasteiger partial charge in [-0.05, 0) is 18.1 Å². The molecule has 1 radical (unpaired) electrons. The van der Waals surface area contributed by atoms with Gasteiger partial charge in [0.1, 0.15) is 11.7 Å². The van der Waals surface area contributed by atoms with Crippen LogP contribution in [0.1, 0.15) is 25.5 Å². The van der Waals surface area contributed by atoms with Crippen LogP contribution in [0, 0.1) is 6.20 Å². The maximum Gasteiger partial charge on any atom is 0.164 e. The van der Waals surface area contributed by atoms with Crippen molar-refractivity contribution in [3.05, 3.63) is 36.4 Å².